The number of rotatable bonds is 3. The van der Waals surface area contributed by atoms with Crippen LogP contribution in [0.3, 0.4) is 0 Å². The molecule has 1 fully saturated rings. The number of carbonyl (C=O) groups is 1. The van der Waals surface area contributed by atoms with Crippen molar-refractivity contribution < 1.29 is 13.9 Å². The Morgan fingerprint density at radius 1 is 1.48 bits per heavy atom. The predicted molar refractivity (Wildman–Crippen MR) is 81.2 cm³/mol. The van der Waals surface area contributed by atoms with Crippen molar-refractivity contribution in [3.63, 3.8) is 0 Å². The van der Waals surface area contributed by atoms with Crippen LogP contribution in [0.5, 0.6) is 5.75 Å². The monoisotopic (exact) mass is 294 g/mol. The van der Waals surface area contributed by atoms with Crippen LogP contribution in [0.15, 0.2) is 18.2 Å². The van der Waals surface area contributed by atoms with E-state index in [1.807, 2.05) is 11.8 Å². The number of hydrogen-bond acceptors (Lipinski definition) is 2. The van der Waals surface area contributed by atoms with Crippen molar-refractivity contribution in [2.24, 2.45) is 5.92 Å². The van der Waals surface area contributed by atoms with Crippen molar-refractivity contribution in [3.8, 4) is 5.75 Å². The first-order valence-electron chi connectivity index (χ1n) is 7.51. The van der Waals surface area contributed by atoms with Crippen LogP contribution >= 0.6 is 0 Å². The fourth-order valence-electron chi connectivity index (χ4n) is 2.77. The van der Waals surface area contributed by atoms with E-state index in [1.54, 1.807) is 0 Å². The first kappa shape index (κ1) is 15.6. The lowest BCUT2D eigenvalue weighted by atomic mass is 9.94. The molecule has 2 atom stereocenters. The first-order chi connectivity index (χ1) is 10.0. The first-order valence-corrected chi connectivity index (χ1v) is 7.51. The molecule has 2 amide bonds. The SMILES string of the molecule is CCOc1cc(F)ccc1NC(=O)N1CC[C@H](C)C[C@H]1C. The molecule has 1 aromatic rings. The van der Waals surface area contributed by atoms with Crippen molar-refractivity contribution in [2.45, 2.75) is 39.7 Å². The highest BCUT2D eigenvalue weighted by Gasteiger charge is 2.27. The molecule has 1 aliphatic rings. The molecule has 1 saturated heterocycles. The van der Waals surface area contributed by atoms with Gasteiger partial charge >= 0.3 is 6.03 Å². The van der Waals surface area contributed by atoms with Gasteiger partial charge in [0, 0.05) is 18.7 Å². The molecule has 0 aromatic heterocycles. The molecule has 0 radical (unpaired) electrons. The van der Waals surface area contributed by atoms with Gasteiger partial charge in [-0.25, -0.2) is 9.18 Å². The van der Waals surface area contributed by atoms with Crippen LogP contribution < -0.4 is 10.1 Å². The third-order valence-corrected chi connectivity index (χ3v) is 3.88. The minimum Gasteiger partial charge on any atom is -0.492 e. The summed E-state index contributed by atoms with van der Waals surface area (Å²) in [7, 11) is 0. The highest BCUT2D eigenvalue weighted by Crippen LogP contribution is 2.27. The number of carbonyl (C=O) groups excluding carboxylic acids is 1. The van der Waals surface area contributed by atoms with Gasteiger partial charge in [-0.2, -0.15) is 0 Å². The number of piperidine rings is 1. The number of hydrogen-bond donors (Lipinski definition) is 1. The third kappa shape index (κ3) is 3.86. The number of nitrogens with one attached hydrogen (secondary N) is 1. The summed E-state index contributed by atoms with van der Waals surface area (Å²) in [5.74, 6) is 0.634. The topological polar surface area (TPSA) is 41.6 Å². The quantitative estimate of drug-likeness (QED) is 0.919. The van der Waals surface area contributed by atoms with Crippen LogP contribution in [0.1, 0.15) is 33.6 Å². The molecule has 0 aliphatic carbocycles. The Bertz CT molecular complexity index is 507. The Balaban J connectivity index is 2.09. The number of anilines is 1. The Hall–Kier alpha value is -1.78. The smallest absolute Gasteiger partial charge is 0.322 e. The zero-order valence-corrected chi connectivity index (χ0v) is 12.9. The minimum absolute atomic E-state index is 0.151. The van der Waals surface area contributed by atoms with Crippen LogP contribution in [-0.2, 0) is 0 Å². The molecular weight excluding hydrogens is 271 g/mol. The average Bonchev–Trinajstić information content (AvgIpc) is 2.42. The highest BCUT2D eigenvalue weighted by atomic mass is 19.1. The van der Waals surface area contributed by atoms with E-state index in [9.17, 15) is 9.18 Å². The molecule has 1 heterocycles. The van der Waals surface area contributed by atoms with Crippen LogP contribution in [0.4, 0.5) is 14.9 Å². The summed E-state index contributed by atoms with van der Waals surface area (Å²) in [5, 5.41) is 2.83. The third-order valence-electron chi connectivity index (χ3n) is 3.88. The lowest BCUT2D eigenvalue weighted by Gasteiger charge is -2.36. The van der Waals surface area contributed by atoms with E-state index in [2.05, 4.69) is 19.2 Å². The second-order valence-electron chi connectivity index (χ2n) is 5.68. The lowest BCUT2D eigenvalue weighted by Crippen LogP contribution is -2.46. The van der Waals surface area contributed by atoms with E-state index in [-0.39, 0.29) is 17.9 Å². The molecule has 1 aromatic carbocycles. The van der Waals surface area contributed by atoms with Gasteiger partial charge in [-0.05, 0) is 44.7 Å². The van der Waals surface area contributed by atoms with Crippen LogP contribution in [0, 0.1) is 11.7 Å². The van der Waals surface area contributed by atoms with E-state index in [1.165, 1.54) is 18.2 Å². The van der Waals surface area contributed by atoms with Gasteiger partial charge in [-0.1, -0.05) is 6.92 Å². The van der Waals surface area contributed by atoms with E-state index in [4.69, 9.17) is 4.74 Å². The molecular formula is C16H23FN2O2. The van der Waals surface area contributed by atoms with Crippen molar-refractivity contribution in [1.29, 1.82) is 0 Å². The number of nitrogens with zero attached hydrogens (tertiary/aromatic N) is 1. The normalized spacial score (nSPS) is 22.0. The maximum atomic E-state index is 13.3. The second kappa shape index (κ2) is 6.78. The van der Waals surface area contributed by atoms with Crippen molar-refractivity contribution in [1.82, 2.24) is 4.90 Å². The molecule has 1 N–H and O–H groups in total. The maximum absolute atomic E-state index is 13.3. The van der Waals surface area contributed by atoms with E-state index >= 15 is 0 Å². The Labute approximate surface area is 125 Å². The summed E-state index contributed by atoms with van der Waals surface area (Å²) in [5.41, 5.74) is 0.508. The predicted octanol–water partition coefficient (Wildman–Crippen LogP) is 3.88. The maximum Gasteiger partial charge on any atom is 0.322 e. The van der Waals surface area contributed by atoms with E-state index in [0.29, 0.717) is 24.0 Å². The van der Waals surface area contributed by atoms with Gasteiger partial charge in [0.15, 0.2) is 0 Å². The number of amides is 2. The Morgan fingerprint density at radius 3 is 2.90 bits per heavy atom. The molecule has 0 bridgehead atoms. The molecule has 116 valence electrons. The van der Waals surface area contributed by atoms with Crippen molar-refractivity contribution in [3.05, 3.63) is 24.0 Å². The lowest BCUT2D eigenvalue weighted by molar-refractivity contribution is 0.150. The van der Waals surface area contributed by atoms with Crippen LogP contribution in [0.2, 0.25) is 0 Å². The summed E-state index contributed by atoms with van der Waals surface area (Å²) >= 11 is 0. The number of halogens is 1. The van der Waals surface area contributed by atoms with Gasteiger partial charge in [0.05, 0.1) is 12.3 Å². The summed E-state index contributed by atoms with van der Waals surface area (Å²) in [6, 6.07) is 4.21. The molecule has 2 rings (SSSR count). The highest BCUT2D eigenvalue weighted by molar-refractivity contribution is 5.91. The van der Waals surface area contributed by atoms with Gasteiger partial charge in [0.25, 0.3) is 0 Å². The molecule has 0 unspecified atom stereocenters. The average molecular weight is 294 g/mol. The van der Waals surface area contributed by atoms with Crippen LogP contribution in [-0.4, -0.2) is 30.1 Å². The number of benzene rings is 1. The number of likely N-dealkylation sites (tertiary alicyclic amines) is 1. The van der Waals surface area contributed by atoms with Gasteiger partial charge in [0.2, 0.25) is 0 Å². The largest absolute Gasteiger partial charge is 0.492 e. The van der Waals surface area contributed by atoms with Crippen molar-refractivity contribution >= 4 is 11.7 Å². The number of ether oxygens (including phenoxy) is 1. The fraction of sp³-hybridized carbons (Fsp3) is 0.562. The zero-order chi connectivity index (χ0) is 15.4. The molecule has 0 saturated carbocycles. The van der Waals surface area contributed by atoms with Gasteiger partial charge in [0.1, 0.15) is 11.6 Å². The molecule has 1 aliphatic heterocycles. The second-order valence-corrected chi connectivity index (χ2v) is 5.68. The van der Waals surface area contributed by atoms with E-state index < -0.39 is 0 Å². The summed E-state index contributed by atoms with van der Waals surface area (Å²) < 4.78 is 18.6. The Morgan fingerprint density at radius 2 is 2.24 bits per heavy atom. The Kier molecular flexibility index (Phi) is 5.04. The molecule has 5 heteroatoms. The fourth-order valence-corrected chi connectivity index (χ4v) is 2.77. The zero-order valence-electron chi connectivity index (χ0n) is 12.9. The standard InChI is InChI=1S/C16H23FN2O2/c1-4-21-15-10-13(17)5-6-14(15)18-16(20)19-8-7-11(2)9-12(19)3/h5-6,10-12H,4,7-9H2,1-3H3,(H,18,20)/t11-,12+/m0/s1. The minimum atomic E-state index is -0.378. The summed E-state index contributed by atoms with van der Waals surface area (Å²) in [4.78, 5) is 14.2. The summed E-state index contributed by atoms with van der Waals surface area (Å²) in [6.07, 6.45) is 2.02. The van der Waals surface area contributed by atoms with Gasteiger partial charge in [-0.3, -0.25) is 0 Å². The van der Waals surface area contributed by atoms with Gasteiger partial charge < -0.3 is 15.0 Å². The van der Waals surface area contributed by atoms with Crippen LogP contribution in [0.25, 0.3) is 0 Å². The van der Waals surface area contributed by atoms with Gasteiger partial charge in [-0.15, -0.1) is 0 Å². The van der Waals surface area contributed by atoms with Crippen molar-refractivity contribution in [2.75, 3.05) is 18.5 Å². The summed E-state index contributed by atoms with van der Waals surface area (Å²) in [6.45, 7) is 7.26. The van der Waals surface area contributed by atoms with E-state index in [0.717, 1.165) is 19.4 Å². The molecule has 0 spiro atoms. The number of urea groups is 1. The molecule has 21 heavy (non-hydrogen) atoms. The molecule has 4 nitrogen and oxygen atoms in total.